The van der Waals surface area contributed by atoms with E-state index in [-0.39, 0.29) is 24.7 Å². The van der Waals surface area contributed by atoms with Crippen molar-refractivity contribution in [2.75, 3.05) is 34.5 Å². The molecule has 0 radical (unpaired) electrons. The minimum atomic E-state index is -0.947. The van der Waals surface area contributed by atoms with Crippen LogP contribution in [0.2, 0.25) is 0 Å². The van der Waals surface area contributed by atoms with Crippen molar-refractivity contribution in [3.63, 3.8) is 0 Å². The van der Waals surface area contributed by atoms with Gasteiger partial charge in [-0.15, -0.1) is 0 Å². The van der Waals surface area contributed by atoms with E-state index in [0.717, 1.165) is 19.4 Å². The van der Waals surface area contributed by atoms with Crippen LogP contribution >= 0.6 is 0 Å². The number of rotatable bonds is 8. The van der Waals surface area contributed by atoms with Gasteiger partial charge < -0.3 is 23.7 Å². The second-order valence-electron chi connectivity index (χ2n) is 4.05. The lowest BCUT2D eigenvalue weighted by molar-refractivity contribution is -0.138. The predicted molar refractivity (Wildman–Crippen MR) is 76.3 cm³/mol. The van der Waals surface area contributed by atoms with Gasteiger partial charge in [0.05, 0.1) is 20.8 Å². The first kappa shape index (κ1) is 18.4. The molecule has 1 aromatic rings. The minimum Gasteiger partial charge on any atom is -0.500 e. The zero-order chi connectivity index (χ0) is 17.2. The monoisotopic (exact) mass is 328 g/mol. The molecule has 23 heavy (non-hydrogen) atoms. The van der Waals surface area contributed by atoms with Crippen LogP contribution in [-0.4, -0.2) is 46.5 Å². The molecule has 0 fully saturated rings. The molecular weight excluding hydrogens is 311 g/mol. The second kappa shape index (κ2) is 9.42. The number of halogens is 1. The first-order chi connectivity index (χ1) is 11.0. The average molecular weight is 328 g/mol. The molecule has 0 aliphatic carbocycles. The number of benzene rings is 1. The first-order valence-corrected chi connectivity index (χ1v) is 6.48. The zero-order valence-electron chi connectivity index (χ0n) is 13.0. The Balaban J connectivity index is 3.07. The summed E-state index contributed by atoms with van der Waals surface area (Å²) in [4.78, 5) is 23.5. The van der Waals surface area contributed by atoms with Gasteiger partial charge in [0.1, 0.15) is 30.0 Å². The van der Waals surface area contributed by atoms with Gasteiger partial charge in [0.15, 0.2) is 0 Å². The van der Waals surface area contributed by atoms with E-state index in [9.17, 15) is 14.0 Å². The van der Waals surface area contributed by atoms with Gasteiger partial charge in [-0.25, -0.2) is 14.0 Å². The van der Waals surface area contributed by atoms with Crippen molar-refractivity contribution in [3.8, 4) is 5.75 Å². The zero-order valence-corrected chi connectivity index (χ0v) is 13.0. The Morgan fingerprint density at radius 1 is 1.17 bits per heavy atom. The minimum absolute atomic E-state index is 0.0547. The highest BCUT2D eigenvalue weighted by molar-refractivity contribution is 5.93. The van der Waals surface area contributed by atoms with Crippen LogP contribution in [0.1, 0.15) is 10.4 Å². The summed E-state index contributed by atoms with van der Waals surface area (Å²) >= 11 is 0. The van der Waals surface area contributed by atoms with Gasteiger partial charge in [-0.3, -0.25) is 0 Å². The lowest BCUT2D eigenvalue weighted by atomic mass is 10.2. The topological polar surface area (TPSA) is 80.3 Å². The van der Waals surface area contributed by atoms with E-state index in [4.69, 9.17) is 18.9 Å². The Kier molecular flexibility index (Phi) is 7.55. The van der Waals surface area contributed by atoms with Crippen LogP contribution in [0.5, 0.6) is 5.75 Å². The van der Waals surface area contributed by atoms with Crippen LogP contribution in [-0.2, 0) is 23.7 Å². The maximum atomic E-state index is 13.9. The van der Waals surface area contributed by atoms with E-state index in [2.05, 4.69) is 4.74 Å². The third-order valence-electron chi connectivity index (χ3n) is 2.53. The number of carbonyl (C=O) groups is 2. The van der Waals surface area contributed by atoms with Crippen molar-refractivity contribution in [2.24, 2.45) is 0 Å². The van der Waals surface area contributed by atoms with Crippen molar-refractivity contribution in [1.29, 1.82) is 0 Å². The normalized spacial score (nSPS) is 10.9. The molecule has 0 N–H and O–H groups in total. The van der Waals surface area contributed by atoms with Crippen LogP contribution in [0.15, 0.2) is 30.2 Å². The van der Waals surface area contributed by atoms with Gasteiger partial charge in [-0.2, -0.15) is 0 Å². The van der Waals surface area contributed by atoms with Crippen LogP contribution < -0.4 is 4.74 Å². The third kappa shape index (κ3) is 5.26. The lowest BCUT2D eigenvalue weighted by Crippen LogP contribution is -2.16. The summed E-state index contributed by atoms with van der Waals surface area (Å²) in [6, 6.07) is 3.69. The van der Waals surface area contributed by atoms with Gasteiger partial charge in [0.25, 0.3) is 0 Å². The molecule has 126 valence electrons. The Morgan fingerprint density at radius 3 is 2.52 bits per heavy atom. The molecule has 0 aliphatic rings. The van der Waals surface area contributed by atoms with Crippen LogP contribution in [0, 0.1) is 5.82 Å². The van der Waals surface area contributed by atoms with Gasteiger partial charge in [0.2, 0.25) is 5.76 Å². The van der Waals surface area contributed by atoms with Gasteiger partial charge in [0, 0.05) is 7.11 Å². The number of esters is 2. The summed E-state index contributed by atoms with van der Waals surface area (Å²) in [5.41, 5.74) is -0.450. The molecule has 0 saturated carbocycles. The molecule has 8 heteroatoms. The summed E-state index contributed by atoms with van der Waals surface area (Å²) in [5, 5.41) is 0. The summed E-state index contributed by atoms with van der Waals surface area (Å²) in [6.07, 6.45) is 0.969. The van der Waals surface area contributed by atoms with Crippen molar-refractivity contribution < 1.29 is 37.7 Å². The molecule has 0 amide bonds. The van der Waals surface area contributed by atoms with E-state index in [1.165, 1.54) is 26.4 Å². The Bertz CT molecular complexity index is 583. The van der Waals surface area contributed by atoms with Crippen LogP contribution in [0.4, 0.5) is 4.39 Å². The fourth-order valence-corrected chi connectivity index (χ4v) is 1.52. The Hall–Kier alpha value is -2.61. The van der Waals surface area contributed by atoms with Gasteiger partial charge >= 0.3 is 11.9 Å². The number of methoxy groups -OCH3 is 3. The van der Waals surface area contributed by atoms with Gasteiger partial charge in [-0.1, -0.05) is 6.07 Å². The second-order valence-corrected chi connectivity index (χ2v) is 4.05. The Labute approximate surface area is 132 Å². The molecule has 0 atom stereocenters. The number of carbonyl (C=O) groups excluding carboxylic acids is 2. The summed E-state index contributed by atoms with van der Waals surface area (Å²) in [6.45, 7) is 0.105. The molecule has 0 aromatic heterocycles. The lowest BCUT2D eigenvalue weighted by Gasteiger charge is -2.12. The van der Waals surface area contributed by atoms with Crippen molar-refractivity contribution in [1.82, 2.24) is 0 Å². The SMILES string of the molecule is CO/C=C(/Oc1cccc(F)c1C(=O)OCCOC)C(=O)OC. The number of ether oxygens (including phenoxy) is 5. The van der Waals surface area contributed by atoms with Gasteiger partial charge in [-0.05, 0) is 12.1 Å². The van der Waals surface area contributed by atoms with Crippen molar-refractivity contribution in [2.45, 2.75) is 0 Å². The maximum absolute atomic E-state index is 13.9. The van der Waals surface area contributed by atoms with E-state index >= 15 is 0 Å². The maximum Gasteiger partial charge on any atom is 0.377 e. The molecule has 0 unspecified atom stereocenters. The molecule has 0 heterocycles. The van der Waals surface area contributed by atoms with Crippen molar-refractivity contribution >= 4 is 11.9 Å². The van der Waals surface area contributed by atoms with E-state index in [1.54, 1.807) is 0 Å². The predicted octanol–water partition coefficient (Wildman–Crippen LogP) is 1.67. The largest absolute Gasteiger partial charge is 0.500 e. The summed E-state index contributed by atoms with van der Waals surface area (Å²) in [5.74, 6) is -3.22. The fraction of sp³-hybridized carbons (Fsp3) is 0.333. The first-order valence-electron chi connectivity index (χ1n) is 6.48. The number of hydrogen-bond acceptors (Lipinski definition) is 7. The quantitative estimate of drug-likeness (QED) is 0.311. The summed E-state index contributed by atoms with van der Waals surface area (Å²) < 4.78 is 38.0. The highest BCUT2D eigenvalue weighted by Crippen LogP contribution is 2.25. The molecule has 7 nitrogen and oxygen atoms in total. The molecule has 0 spiro atoms. The van der Waals surface area contributed by atoms with E-state index in [1.807, 2.05) is 0 Å². The molecule has 1 aromatic carbocycles. The summed E-state index contributed by atoms with van der Waals surface area (Å²) in [7, 11) is 3.86. The standard InChI is InChI=1S/C15H17FO7/c1-19-7-8-22-15(18)13-10(16)5-4-6-11(13)23-12(9-20-2)14(17)21-3/h4-6,9H,7-8H2,1-3H3/b12-9+. The molecule has 0 aliphatic heterocycles. The molecule has 0 saturated heterocycles. The third-order valence-corrected chi connectivity index (χ3v) is 2.53. The highest BCUT2D eigenvalue weighted by Gasteiger charge is 2.23. The van der Waals surface area contributed by atoms with E-state index < -0.39 is 23.3 Å². The highest BCUT2D eigenvalue weighted by atomic mass is 19.1. The molecule has 0 bridgehead atoms. The van der Waals surface area contributed by atoms with Crippen LogP contribution in [0.3, 0.4) is 0 Å². The van der Waals surface area contributed by atoms with Crippen LogP contribution in [0.25, 0.3) is 0 Å². The number of hydrogen-bond donors (Lipinski definition) is 0. The van der Waals surface area contributed by atoms with Crippen molar-refractivity contribution in [3.05, 3.63) is 41.6 Å². The fourth-order valence-electron chi connectivity index (χ4n) is 1.52. The Morgan fingerprint density at radius 2 is 1.91 bits per heavy atom. The average Bonchev–Trinajstić information content (AvgIpc) is 2.54. The molecule has 1 rings (SSSR count). The van der Waals surface area contributed by atoms with E-state index in [0.29, 0.717) is 0 Å². The molecular formula is C15H17FO7. The smallest absolute Gasteiger partial charge is 0.377 e.